The van der Waals surface area contributed by atoms with E-state index in [2.05, 4.69) is 22.6 Å². The molecule has 0 heterocycles. The Labute approximate surface area is 84.0 Å². The van der Waals surface area contributed by atoms with Crippen molar-refractivity contribution >= 4 is 28.5 Å². The van der Waals surface area contributed by atoms with Gasteiger partial charge >= 0.3 is 0 Å². The van der Waals surface area contributed by atoms with E-state index in [9.17, 15) is 4.79 Å². The third kappa shape index (κ3) is 1.69. The summed E-state index contributed by atoms with van der Waals surface area (Å²) in [6, 6.07) is 5.26. The van der Waals surface area contributed by atoms with E-state index >= 15 is 0 Å². The second kappa shape index (κ2) is 3.75. The highest BCUT2D eigenvalue weighted by molar-refractivity contribution is 14.1. The number of hydrogen-bond donors (Lipinski definition) is 1. The summed E-state index contributed by atoms with van der Waals surface area (Å²) >= 11 is 2.09. The highest BCUT2D eigenvalue weighted by Crippen LogP contribution is 2.24. The lowest BCUT2D eigenvalue weighted by Gasteiger charge is -2.06. The quantitative estimate of drug-likeness (QED) is 0.831. The summed E-state index contributed by atoms with van der Waals surface area (Å²) in [6.07, 6.45) is 0. The van der Waals surface area contributed by atoms with Crippen molar-refractivity contribution in [1.82, 2.24) is 0 Å². The molecule has 2 N–H and O–H groups in total. The van der Waals surface area contributed by atoms with Crippen molar-refractivity contribution in [3.8, 4) is 5.75 Å². The normalized spacial score (nSPS) is 9.50. The van der Waals surface area contributed by atoms with Crippen LogP contribution in [0.2, 0.25) is 0 Å². The molecule has 0 aromatic heterocycles. The van der Waals surface area contributed by atoms with Crippen LogP contribution in [-0.4, -0.2) is 13.0 Å². The Morgan fingerprint density at radius 3 is 2.67 bits per heavy atom. The molecule has 3 nitrogen and oxygen atoms in total. The van der Waals surface area contributed by atoms with Gasteiger partial charge in [0.25, 0.3) is 5.91 Å². The van der Waals surface area contributed by atoms with E-state index in [4.69, 9.17) is 10.5 Å². The highest BCUT2D eigenvalue weighted by Gasteiger charge is 2.10. The van der Waals surface area contributed by atoms with Gasteiger partial charge in [-0.2, -0.15) is 0 Å². The second-order valence-corrected chi connectivity index (χ2v) is 3.35. The SMILES string of the molecule is COc1c(I)cccc1C(N)=O. The number of carbonyl (C=O) groups is 1. The van der Waals surface area contributed by atoms with Crippen LogP contribution in [0.5, 0.6) is 5.75 Å². The maximum absolute atomic E-state index is 10.9. The fraction of sp³-hybridized carbons (Fsp3) is 0.125. The molecule has 0 fully saturated rings. The van der Waals surface area contributed by atoms with Gasteiger partial charge in [0.2, 0.25) is 0 Å². The van der Waals surface area contributed by atoms with E-state index in [1.807, 2.05) is 6.07 Å². The van der Waals surface area contributed by atoms with Crippen molar-refractivity contribution in [1.29, 1.82) is 0 Å². The van der Waals surface area contributed by atoms with Gasteiger partial charge < -0.3 is 10.5 Å². The molecule has 0 aliphatic heterocycles. The lowest BCUT2D eigenvalue weighted by molar-refractivity contribution is 0.0997. The molecule has 0 atom stereocenters. The highest BCUT2D eigenvalue weighted by atomic mass is 127. The average molecular weight is 277 g/mol. The molecular formula is C8H8INO2. The Balaban J connectivity index is 3.27. The molecule has 1 rings (SSSR count). The molecule has 0 saturated carbocycles. The molecule has 12 heavy (non-hydrogen) atoms. The first kappa shape index (κ1) is 9.31. The zero-order valence-corrected chi connectivity index (χ0v) is 8.66. The lowest BCUT2D eigenvalue weighted by atomic mass is 10.2. The van der Waals surface area contributed by atoms with Gasteiger partial charge in [-0.3, -0.25) is 4.79 Å². The van der Waals surface area contributed by atoms with Crippen molar-refractivity contribution in [2.75, 3.05) is 7.11 Å². The number of para-hydroxylation sites is 1. The van der Waals surface area contributed by atoms with Crippen molar-refractivity contribution in [2.24, 2.45) is 5.73 Å². The molecule has 1 aromatic rings. The van der Waals surface area contributed by atoms with Gasteiger partial charge in [0, 0.05) is 0 Å². The summed E-state index contributed by atoms with van der Waals surface area (Å²) in [5.41, 5.74) is 5.56. The van der Waals surface area contributed by atoms with Gasteiger partial charge in [0.05, 0.1) is 16.2 Å². The van der Waals surface area contributed by atoms with Crippen LogP contribution in [0.1, 0.15) is 10.4 Å². The van der Waals surface area contributed by atoms with Crippen LogP contribution in [0, 0.1) is 3.57 Å². The minimum Gasteiger partial charge on any atom is -0.495 e. The summed E-state index contributed by atoms with van der Waals surface area (Å²) in [5, 5.41) is 0. The van der Waals surface area contributed by atoms with Crippen molar-refractivity contribution in [3.63, 3.8) is 0 Å². The van der Waals surface area contributed by atoms with E-state index in [0.29, 0.717) is 11.3 Å². The third-order valence-electron chi connectivity index (χ3n) is 1.44. The lowest BCUT2D eigenvalue weighted by Crippen LogP contribution is -2.12. The van der Waals surface area contributed by atoms with Crippen molar-refractivity contribution in [3.05, 3.63) is 27.3 Å². The molecular weight excluding hydrogens is 269 g/mol. The molecule has 0 saturated heterocycles. The zero-order valence-electron chi connectivity index (χ0n) is 6.50. The van der Waals surface area contributed by atoms with E-state index in [1.54, 1.807) is 12.1 Å². The van der Waals surface area contributed by atoms with Gasteiger partial charge in [0.1, 0.15) is 5.75 Å². The van der Waals surface area contributed by atoms with Gasteiger partial charge in [-0.15, -0.1) is 0 Å². The Bertz CT molecular complexity index is 312. The molecule has 0 unspecified atom stereocenters. The van der Waals surface area contributed by atoms with E-state index in [1.165, 1.54) is 7.11 Å². The number of methoxy groups -OCH3 is 1. The molecule has 0 aliphatic carbocycles. The number of rotatable bonds is 2. The van der Waals surface area contributed by atoms with Crippen LogP contribution >= 0.6 is 22.6 Å². The number of carbonyl (C=O) groups excluding carboxylic acids is 1. The fourth-order valence-electron chi connectivity index (χ4n) is 0.910. The smallest absolute Gasteiger partial charge is 0.252 e. The standard InChI is InChI=1S/C8H8INO2/c1-12-7-5(8(10)11)3-2-4-6(7)9/h2-4H,1H3,(H2,10,11). The first-order valence-electron chi connectivity index (χ1n) is 3.29. The summed E-state index contributed by atoms with van der Waals surface area (Å²) in [5.74, 6) is 0.0796. The van der Waals surface area contributed by atoms with Crippen LogP contribution in [0.4, 0.5) is 0 Å². The third-order valence-corrected chi connectivity index (χ3v) is 2.29. The van der Waals surface area contributed by atoms with Crippen LogP contribution < -0.4 is 10.5 Å². The maximum atomic E-state index is 10.9. The molecule has 0 bridgehead atoms. The maximum Gasteiger partial charge on any atom is 0.252 e. The zero-order chi connectivity index (χ0) is 9.14. The topological polar surface area (TPSA) is 52.3 Å². The number of benzene rings is 1. The number of amides is 1. The summed E-state index contributed by atoms with van der Waals surface area (Å²) in [6.45, 7) is 0. The van der Waals surface area contributed by atoms with Gasteiger partial charge in [-0.05, 0) is 34.7 Å². The molecule has 1 amide bonds. The van der Waals surface area contributed by atoms with Crippen LogP contribution in [0.3, 0.4) is 0 Å². The minimum absolute atomic E-state index is 0.421. The number of nitrogens with two attached hydrogens (primary N) is 1. The number of ether oxygens (including phenoxy) is 1. The summed E-state index contributed by atoms with van der Waals surface area (Å²) in [4.78, 5) is 10.9. The van der Waals surface area contributed by atoms with Crippen molar-refractivity contribution in [2.45, 2.75) is 0 Å². The van der Waals surface area contributed by atoms with Crippen molar-refractivity contribution < 1.29 is 9.53 Å². The Morgan fingerprint density at radius 1 is 1.58 bits per heavy atom. The largest absolute Gasteiger partial charge is 0.495 e. The van der Waals surface area contributed by atoms with Gasteiger partial charge in [-0.25, -0.2) is 0 Å². The van der Waals surface area contributed by atoms with Crippen LogP contribution in [0.25, 0.3) is 0 Å². The predicted octanol–water partition coefficient (Wildman–Crippen LogP) is 1.40. The number of hydrogen-bond acceptors (Lipinski definition) is 2. The molecule has 0 radical (unpaired) electrons. The monoisotopic (exact) mass is 277 g/mol. The molecule has 4 heteroatoms. The predicted molar refractivity (Wildman–Crippen MR) is 54.2 cm³/mol. The summed E-state index contributed by atoms with van der Waals surface area (Å²) in [7, 11) is 1.52. The molecule has 64 valence electrons. The van der Waals surface area contributed by atoms with Gasteiger partial charge in [-0.1, -0.05) is 6.07 Å². The minimum atomic E-state index is -0.467. The Hall–Kier alpha value is -0.780. The summed E-state index contributed by atoms with van der Waals surface area (Å²) < 4.78 is 5.91. The molecule has 1 aromatic carbocycles. The van der Waals surface area contributed by atoms with E-state index in [-0.39, 0.29) is 0 Å². The van der Waals surface area contributed by atoms with Crippen LogP contribution in [-0.2, 0) is 0 Å². The van der Waals surface area contributed by atoms with E-state index < -0.39 is 5.91 Å². The fourth-order valence-corrected chi connectivity index (χ4v) is 1.63. The molecule has 0 spiro atoms. The molecule has 0 aliphatic rings. The number of primary amides is 1. The van der Waals surface area contributed by atoms with Crippen LogP contribution in [0.15, 0.2) is 18.2 Å². The first-order valence-corrected chi connectivity index (χ1v) is 4.37. The van der Waals surface area contributed by atoms with Gasteiger partial charge in [0.15, 0.2) is 0 Å². The Morgan fingerprint density at radius 2 is 2.25 bits per heavy atom. The average Bonchev–Trinajstić information content (AvgIpc) is 2.03. The number of halogens is 1. The first-order chi connectivity index (χ1) is 5.66. The van der Waals surface area contributed by atoms with E-state index in [0.717, 1.165) is 3.57 Å². The second-order valence-electron chi connectivity index (χ2n) is 2.18. The Kier molecular flexibility index (Phi) is 2.91.